The van der Waals surface area contributed by atoms with E-state index < -0.39 is 6.10 Å². The third kappa shape index (κ3) is 4.06. The van der Waals surface area contributed by atoms with E-state index in [0.717, 1.165) is 18.8 Å². The minimum Gasteiger partial charge on any atom is -0.386 e. The molecule has 0 aliphatic heterocycles. The van der Waals surface area contributed by atoms with Crippen molar-refractivity contribution >= 4 is 6.29 Å². The number of rotatable bonds is 4. The van der Waals surface area contributed by atoms with Gasteiger partial charge in [0.2, 0.25) is 0 Å². The summed E-state index contributed by atoms with van der Waals surface area (Å²) in [6.45, 7) is 6.71. The highest BCUT2D eigenvalue weighted by atomic mass is 16.3. The number of carbonyl (C=O) groups is 1. The largest absolute Gasteiger partial charge is 0.386 e. The van der Waals surface area contributed by atoms with Crippen molar-refractivity contribution in [2.45, 2.75) is 71.4 Å². The molecular weight excluding hydrogens is 226 g/mol. The maximum absolute atomic E-state index is 10.6. The molecule has 1 fully saturated rings. The van der Waals surface area contributed by atoms with Crippen LogP contribution in [0.3, 0.4) is 0 Å². The van der Waals surface area contributed by atoms with Crippen LogP contribution in [0.25, 0.3) is 0 Å². The molecule has 1 rings (SSSR count). The van der Waals surface area contributed by atoms with Gasteiger partial charge in [-0.05, 0) is 36.5 Å². The lowest BCUT2D eigenvalue weighted by molar-refractivity contribution is -0.115. The van der Waals surface area contributed by atoms with Gasteiger partial charge in [0.25, 0.3) is 0 Å². The van der Waals surface area contributed by atoms with Gasteiger partial charge in [0, 0.05) is 6.04 Å². The van der Waals surface area contributed by atoms with Gasteiger partial charge in [-0.3, -0.25) is 0 Å². The zero-order valence-electron chi connectivity index (χ0n) is 12.1. The Bertz CT molecular complexity index is 265. The third-order valence-electron chi connectivity index (χ3n) is 4.69. The number of aldehydes is 1. The molecule has 4 unspecified atom stereocenters. The van der Waals surface area contributed by atoms with Crippen molar-refractivity contribution in [2.24, 2.45) is 23.0 Å². The fourth-order valence-electron chi connectivity index (χ4n) is 3.45. The number of aliphatic hydroxyl groups excluding tert-OH is 1. The summed E-state index contributed by atoms with van der Waals surface area (Å²) in [5.74, 6) is 1.03. The summed E-state index contributed by atoms with van der Waals surface area (Å²) < 4.78 is 0. The molecule has 0 spiro atoms. The van der Waals surface area contributed by atoms with Crippen LogP contribution >= 0.6 is 0 Å². The van der Waals surface area contributed by atoms with Crippen LogP contribution < -0.4 is 5.73 Å². The molecule has 0 amide bonds. The van der Waals surface area contributed by atoms with E-state index in [0.29, 0.717) is 12.7 Å². The molecule has 3 nitrogen and oxygen atoms in total. The maximum Gasteiger partial charge on any atom is 0.148 e. The van der Waals surface area contributed by atoms with Crippen molar-refractivity contribution in [1.82, 2.24) is 0 Å². The molecule has 18 heavy (non-hydrogen) atoms. The Morgan fingerprint density at radius 3 is 2.67 bits per heavy atom. The summed E-state index contributed by atoms with van der Waals surface area (Å²) in [4.78, 5) is 10.6. The van der Waals surface area contributed by atoms with Crippen molar-refractivity contribution in [2.75, 3.05) is 0 Å². The number of nitrogens with two attached hydrogens (primary N) is 1. The first-order valence-electron chi connectivity index (χ1n) is 7.29. The van der Waals surface area contributed by atoms with Crippen LogP contribution in [-0.2, 0) is 4.79 Å². The van der Waals surface area contributed by atoms with Crippen molar-refractivity contribution in [1.29, 1.82) is 0 Å². The monoisotopic (exact) mass is 255 g/mol. The van der Waals surface area contributed by atoms with E-state index in [9.17, 15) is 9.90 Å². The SMILES string of the molecule is CCC1CCCC(CC(O)C=O)C(N)C(C)(C)C1. The van der Waals surface area contributed by atoms with Crippen LogP contribution in [0.15, 0.2) is 0 Å². The topological polar surface area (TPSA) is 63.3 Å². The van der Waals surface area contributed by atoms with Crippen molar-refractivity contribution < 1.29 is 9.90 Å². The molecule has 1 saturated carbocycles. The summed E-state index contributed by atoms with van der Waals surface area (Å²) in [6, 6.07) is 0.0708. The van der Waals surface area contributed by atoms with Gasteiger partial charge in [-0.15, -0.1) is 0 Å². The lowest BCUT2D eigenvalue weighted by Crippen LogP contribution is -2.46. The summed E-state index contributed by atoms with van der Waals surface area (Å²) in [7, 11) is 0. The second-order valence-corrected chi connectivity index (χ2v) is 6.62. The van der Waals surface area contributed by atoms with Crippen LogP contribution in [0.2, 0.25) is 0 Å². The van der Waals surface area contributed by atoms with Gasteiger partial charge in [0.15, 0.2) is 0 Å². The molecule has 0 aromatic rings. The number of aliphatic hydroxyl groups is 1. The van der Waals surface area contributed by atoms with E-state index in [4.69, 9.17) is 5.73 Å². The second kappa shape index (κ2) is 6.67. The molecule has 0 bridgehead atoms. The summed E-state index contributed by atoms with van der Waals surface area (Å²) >= 11 is 0. The third-order valence-corrected chi connectivity index (χ3v) is 4.69. The summed E-state index contributed by atoms with van der Waals surface area (Å²) in [6.07, 6.45) is 6.12. The fraction of sp³-hybridized carbons (Fsp3) is 0.933. The van der Waals surface area contributed by atoms with Gasteiger partial charge in [-0.1, -0.05) is 40.0 Å². The highest BCUT2D eigenvalue weighted by molar-refractivity contribution is 5.55. The molecule has 0 heterocycles. The lowest BCUT2D eigenvalue weighted by atomic mass is 9.67. The maximum atomic E-state index is 10.6. The van der Waals surface area contributed by atoms with Gasteiger partial charge in [-0.2, -0.15) is 0 Å². The van der Waals surface area contributed by atoms with Crippen LogP contribution in [-0.4, -0.2) is 23.5 Å². The van der Waals surface area contributed by atoms with E-state index in [-0.39, 0.29) is 17.4 Å². The first kappa shape index (κ1) is 15.6. The molecule has 1 aliphatic rings. The summed E-state index contributed by atoms with van der Waals surface area (Å²) in [5, 5.41) is 9.53. The first-order valence-corrected chi connectivity index (χ1v) is 7.29. The highest BCUT2D eigenvalue weighted by Gasteiger charge is 2.36. The van der Waals surface area contributed by atoms with E-state index in [1.807, 2.05) is 0 Å². The van der Waals surface area contributed by atoms with Gasteiger partial charge in [-0.25, -0.2) is 0 Å². The highest BCUT2D eigenvalue weighted by Crippen LogP contribution is 2.40. The average molecular weight is 255 g/mol. The fourth-order valence-corrected chi connectivity index (χ4v) is 3.45. The van der Waals surface area contributed by atoms with E-state index in [1.54, 1.807) is 0 Å². The molecule has 3 heteroatoms. The van der Waals surface area contributed by atoms with E-state index >= 15 is 0 Å². The minimum atomic E-state index is -0.849. The predicted octanol–water partition coefficient (Wildman–Crippen LogP) is 2.51. The van der Waals surface area contributed by atoms with Gasteiger partial charge < -0.3 is 15.6 Å². The Morgan fingerprint density at radius 1 is 1.44 bits per heavy atom. The number of hydrogen-bond acceptors (Lipinski definition) is 3. The molecular formula is C15H29NO2. The van der Waals surface area contributed by atoms with E-state index in [1.165, 1.54) is 19.3 Å². The Labute approximate surface area is 111 Å². The van der Waals surface area contributed by atoms with Crippen LogP contribution in [0.5, 0.6) is 0 Å². The van der Waals surface area contributed by atoms with Crippen LogP contribution in [0.4, 0.5) is 0 Å². The molecule has 106 valence electrons. The zero-order valence-corrected chi connectivity index (χ0v) is 12.1. The summed E-state index contributed by atoms with van der Waals surface area (Å²) in [5.41, 5.74) is 6.51. The van der Waals surface area contributed by atoms with Gasteiger partial charge >= 0.3 is 0 Å². The predicted molar refractivity (Wildman–Crippen MR) is 74.2 cm³/mol. The minimum absolute atomic E-state index is 0.0708. The van der Waals surface area contributed by atoms with Crippen molar-refractivity contribution in [3.63, 3.8) is 0 Å². The van der Waals surface area contributed by atoms with Gasteiger partial charge in [0.05, 0.1) is 0 Å². The Hall–Kier alpha value is -0.410. The molecule has 1 aliphatic carbocycles. The quantitative estimate of drug-likeness (QED) is 0.759. The van der Waals surface area contributed by atoms with Crippen LogP contribution in [0, 0.1) is 17.3 Å². The van der Waals surface area contributed by atoms with Crippen LogP contribution in [0.1, 0.15) is 59.3 Å². The van der Waals surface area contributed by atoms with Gasteiger partial charge in [0.1, 0.15) is 12.4 Å². The van der Waals surface area contributed by atoms with Crippen molar-refractivity contribution in [3.8, 4) is 0 Å². The normalized spacial score (nSPS) is 34.4. The Balaban J connectivity index is 2.73. The molecule has 0 aromatic carbocycles. The number of carbonyl (C=O) groups excluding carboxylic acids is 1. The molecule has 0 radical (unpaired) electrons. The van der Waals surface area contributed by atoms with E-state index in [2.05, 4.69) is 20.8 Å². The Kier molecular flexibility index (Phi) is 5.80. The molecule has 0 saturated heterocycles. The molecule has 3 N–H and O–H groups in total. The lowest BCUT2D eigenvalue weighted by Gasteiger charge is -2.42. The molecule has 4 atom stereocenters. The average Bonchev–Trinajstić information content (AvgIpc) is 2.33. The Morgan fingerprint density at radius 2 is 2.11 bits per heavy atom. The second-order valence-electron chi connectivity index (χ2n) is 6.62. The zero-order chi connectivity index (χ0) is 13.8. The smallest absolute Gasteiger partial charge is 0.148 e. The van der Waals surface area contributed by atoms with Crippen molar-refractivity contribution in [3.05, 3.63) is 0 Å². The first-order chi connectivity index (χ1) is 8.40. The standard InChI is InChI=1S/C15H29NO2/c1-4-11-6-5-7-12(8-13(18)10-17)14(16)15(2,3)9-11/h10-14,18H,4-9,16H2,1-3H3. The molecule has 0 aromatic heterocycles. The number of hydrogen-bond donors (Lipinski definition) is 2.